The minimum atomic E-state index is -0.527. The summed E-state index contributed by atoms with van der Waals surface area (Å²) in [6.07, 6.45) is 9.72. The summed E-state index contributed by atoms with van der Waals surface area (Å²) in [4.78, 5) is 2.70. The average molecular weight is 282 g/mol. The maximum Gasteiger partial charge on any atom is 0.0815 e. The number of nitrogens with one attached hydrogen (secondary N) is 1. The zero-order valence-electron chi connectivity index (χ0n) is 12.6. The third-order valence-electron chi connectivity index (χ3n) is 5.51. The van der Waals surface area contributed by atoms with Crippen molar-refractivity contribution >= 4 is 0 Å². The van der Waals surface area contributed by atoms with E-state index >= 15 is 0 Å². The molecule has 4 heteroatoms. The summed E-state index contributed by atoms with van der Waals surface area (Å²) in [5, 5.41) is 14.1. The Bertz CT molecular complexity index is 291. The van der Waals surface area contributed by atoms with E-state index < -0.39 is 5.60 Å². The van der Waals surface area contributed by atoms with Gasteiger partial charge in [0.25, 0.3) is 0 Å². The second-order valence-electron chi connectivity index (χ2n) is 6.97. The number of hydrogen-bond acceptors (Lipinski definition) is 4. The lowest BCUT2D eigenvalue weighted by atomic mass is 9.93. The van der Waals surface area contributed by atoms with E-state index in [1.807, 2.05) is 0 Å². The van der Waals surface area contributed by atoms with Crippen LogP contribution >= 0.6 is 0 Å². The van der Waals surface area contributed by atoms with Gasteiger partial charge in [-0.15, -0.1) is 0 Å². The van der Waals surface area contributed by atoms with Gasteiger partial charge in [0.15, 0.2) is 0 Å². The minimum Gasteiger partial charge on any atom is -0.388 e. The van der Waals surface area contributed by atoms with Gasteiger partial charge in [-0.25, -0.2) is 0 Å². The highest BCUT2D eigenvalue weighted by Crippen LogP contribution is 2.26. The van der Waals surface area contributed by atoms with Gasteiger partial charge in [-0.05, 0) is 38.8 Å². The summed E-state index contributed by atoms with van der Waals surface area (Å²) in [6, 6.07) is 1.47. The van der Waals surface area contributed by atoms with E-state index in [9.17, 15) is 5.11 Å². The highest BCUT2D eigenvalue weighted by molar-refractivity contribution is 4.88. The maximum absolute atomic E-state index is 10.5. The summed E-state index contributed by atoms with van der Waals surface area (Å²) in [5.41, 5.74) is -0.527. The molecule has 1 aliphatic carbocycles. The van der Waals surface area contributed by atoms with E-state index in [1.54, 1.807) is 0 Å². The van der Waals surface area contributed by atoms with Gasteiger partial charge in [0, 0.05) is 44.7 Å². The van der Waals surface area contributed by atoms with Crippen LogP contribution in [0.5, 0.6) is 0 Å². The molecule has 3 fully saturated rings. The number of piperidine rings is 1. The summed E-state index contributed by atoms with van der Waals surface area (Å²) in [5.74, 6) is 0. The van der Waals surface area contributed by atoms with Crippen molar-refractivity contribution in [3.8, 4) is 0 Å². The van der Waals surface area contributed by atoms with Gasteiger partial charge in [-0.1, -0.05) is 12.8 Å². The predicted molar refractivity (Wildman–Crippen MR) is 79.9 cm³/mol. The Kier molecular flexibility index (Phi) is 4.97. The van der Waals surface area contributed by atoms with Crippen molar-refractivity contribution in [1.29, 1.82) is 0 Å². The largest absolute Gasteiger partial charge is 0.388 e. The molecule has 1 saturated carbocycles. The summed E-state index contributed by atoms with van der Waals surface area (Å²) in [7, 11) is 0. The van der Waals surface area contributed by atoms with Crippen molar-refractivity contribution in [3.05, 3.63) is 0 Å². The van der Waals surface area contributed by atoms with E-state index in [2.05, 4.69) is 10.2 Å². The molecule has 3 rings (SSSR count). The van der Waals surface area contributed by atoms with Gasteiger partial charge < -0.3 is 20.1 Å². The molecular formula is C16H30N2O2. The fraction of sp³-hybridized carbons (Fsp3) is 1.00. The van der Waals surface area contributed by atoms with E-state index in [-0.39, 0.29) is 0 Å². The molecule has 0 unspecified atom stereocenters. The Labute approximate surface area is 122 Å². The molecule has 0 radical (unpaired) electrons. The summed E-state index contributed by atoms with van der Waals surface area (Å²) >= 11 is 0. The monoisotopic (exact) mass is 282 g/mol. The SMILES string of the molecule is OC1(CNC2CCN(C3CCCC3)CC2)CCOCC1. The predicted octanol–water partition coefficient (Wildman–Crippen LogP) is 1.52. The van der Waals surface area contributed by atoms with Crippen molar-refractivity contribution in [2.45, 2.75) is 69.1 Å². The Balaban J connectivity index is 1.37. The quantitative estimate of drug-likeness (QED) is 0.821. The second kappa shape index (κ2) is 6.73. The molecular weight excluding hydrogens is 252 g/mol. The summed E-state index contributed by atoms with van der Waals surface area (Å²) < 4.78 is 5.33. The fourth-order valence-corrected chi connectivity index (χ4v) is 4.00. The number of nitrogens with zero attached hydrogens (tertiary/aromatic N) is 1. The number of ether oxygens (including phenoxy) is 1. The molecule has 0 aromatic carbocycles. The Morgan fingerprint density at radius 2 is 1.70 bits per heavy atom. The molecule has 0 aromatic rings. The van der Waals surface area contributed by atoms with Crippen LogP contribution in [0.2, 0.25) is 0 Å². The lowest BCUT2D eigenvalue weighted by Gasteiger charge is -2.38. The lowest BCUT2D eigenvalue weighted by molar-refractivity contribution is -0.0636. The molecule has 3 aliphatic rings. The highest BCUT2D eigenvalue weighted by Gasteiger charge is 2.32. The van der Waals surface area contributed by atoms with Crippen molar-refractivity contribution in [1.82, 2.24) is 10.2 Å². The van der Waals surface area contributed by atoms with Crippen LogP contribution in [0.4, 0.5) is 0 Å². The first kappa shape index (κ1) is 14.8. The molecule has 0 bridgehead atoms. The lowest BCUT2D eigenvalue weighted by Crippen LogP contribution is -2.51. The zero-order chi connectivity index (χ0) is 13.8. The van der Waals surface area contributed by atoms with Gasteiger partial charge in [0.2, 0.25) is 0 Å². The third-order valence-corrected chi connectivity index (χ3v) is 5.51. The Morgan fingerprint density at radius 3 is 2.35 bits per heavy atom. The molecule has 0 amide bonds. The first-order valence-electron chi connectivity index (χ1n) is 8.53. The van der Waals surface area contributed by atoms with Crippen molar-refractivity contribution in [2.24, 2.45) is 0 Å². The number of likely N-dealkylation sites (tertiary alicyclic amines) is 1. The Morgan fingerprint density at radius 1 is 1.05 bits per heavy atom. The van der Waals surface area contributed by atoms with Crippen LogP contribution in [-0.2, 0) is 4.74 Å². The van der Waals surface area contributed by atoms with E-state index in [1.165, 1.54) is 51.6 Å². The fourth-order valence-electron chi connectivity index (χ4n) is 4.00. The van der Waals surface area contributed by atoms with Crippen LogP contribution in [-0.4, -0.2) is 60.5 Å². The van der Waals surface area contributed by atoms with Gasteiger partial charge in [-0.2, -0.15) is 0 Å². The average Bonchev–Trinajstić information content (AvgIpc) is 3.01. The van der Waals surface area contributed by atoms with Crippen molar-refractivity contribution in [3.63, 3.8) is 0 Å². The van der Waals surface area contributed by atoms with Crippen LogP contribution < -0.4 is 5.32 Å². The number of rotatable bonds is 4. The normalized spacial score (nSPS) is 29.9. The van der Waals surface area contributed by atoms with E-state index in [0.29, 0.717) is 19.3 Å². The molecule has 20 heavy (non-hydrogen) atoms. The minimum absolute atomic E-state index is 0.527. The van der Waals surface area contributed by atoms with E-state index in [4.69, 9.17) is 4.74 Å². The second-order valence-corrected chi connectivity index (χ2v) is 6.97. The van der Waals surface area contributed by atoms with Crippen molar-refractivity contribution in [2.75, 3.05) is 32.8 Å². The Hall–Kier alpha value is -0.160. The maximum atomic E-state index is 10.5. The topological polar surface area (TPSA) is 44.7 Å². The molecule has 116 valence electrons. The molecule has 2 saturated heterocycles. The molecule has 2 aliphatic heterocycles. The van der Waals surface area contributed by atoms with Gasteiger partial charge >= 0.3 is 0 Å². The van der Waals surface area contributed by atoms with Crippen molar-refractivity contribution < 1.29 is 9.84 Å². The number of aliphatic hydroxyl groups is 1. The first-order valence-corrected chi connectivity index (χ1v) is 8.53. The third kappa shape index (κ3) is 3.73. The standard InChI is InChI=1S/C16H30N2O2/c19-16(7-11-20-12-8-16)13-17-14-5-9-18(10-6-14)15-3-1-2-4-15/h14-15,17,19H,1-13H2. The van der Waals surface area contributed by atoms with Gasteiger partial charge in [0.05, 0.1) is 5.60 Å². The molecule has 0 spiro atoms. The first-order chi connectivity index (χ1) is 9.75. The molecule has 2 N–H and O–H groups in total. The van der Waals surface area contributed by atoms with Crippen LogP contribution in [0.1, 0.15) is 51.4 Å². The number of hydrogen-bond donors (Lipinski definition) is 2. The van der Waals surface area contributed by atoms with Crippen LogP contribution in [0.25, 0.3) is 0 Å². The van der Waals surface area contributed by atoms with Crippen LogP contribution in [0, 0.1) is 0 Å². The molecule has 2 heterocycles. The highest BCUT2D eigenvalue weighted by atomic mass is 16.5. The molecule has 4 nitrogen and oxygen atoms in total. The zero-order valence-corrected chi connectivity index (χ0v) is 12.6. The molecule has 0 aromatic heterocycles. The van der Waals surface area contributed by atoms with Crippen LogP contribution in [0.15, 0.2) is 0 Å². The summed E-state index contributed by atoms with van der Waals surface area (Å²) in [6.45, 7) is 4.63. The van der Waals surface area contributed by atoms with Gasteiger partial charge in [-0.3, -0.25) is 0 Å². The molecule has 0 atom stereocenters. The van der Waals surface area contributed by atoms with Gasteiger partial charge in [0.1, 0.15) is 0 Å². The van der Waals surface area contributed by atoms with E-state index in [0.717, 1.165) is 25.4 Å². The smallest absolute Gasteiger partial charge is 0.0815 e. The van der Waals surface area contributed by atoms with Crippen LogP contribution in [0.3, 0.4) is 0 Å².